The van der Waals surface area contributed by atoms with E-state index < -0.39 is 0 Å². The Hall–Kier alpha value is -2.14. The Balaban J connectivity index is 1.86. The van der Waals surface area contributed by atoms with Crippen LogP contribution in [0.25, 0.3) is 0 Å². The van der Waals surface area contributed by atoms with Crippen LogP contribution in [0.5, 0.6) is 0 Å². The van der Waals surface area contributed by atoms with Gasteiger partial charge in [-0.3, -0.25) is 4.79 Å². The third-order valence-electron chi connectivity index (χ3n) is 4.18. The number of carbonyl (C=O) groups is 1. The molecule has 0 spiro atoms. The van der Waals surface area contributed by atoms with E-state index in [0.29, 0.717) is 18.8 Å². The van der Waals surface area contributed by atoms with Crippen LogP contribution in [0.3, 0.4) is 0 Å². The van der Waals surface area contributed by atoms with E-state index in [1.807, 2.05) is 35.2 Å². The maximum Gasteiger partial charge on any atom is 0.276 e. The molecule has 1 amide bonds. The van der Waals surface area contributed by atoms with Gasteiger partial charge >= 0.3 is 0 Å². The molecule has 122 valence electrons. The second-order valence-corrected chi connectivity index (χ2v) is 6.98. The summed E-state index contributed by atoms with van der Waals surface area (Å²) in [6.07, 6.45) is 1.24. The van der Waals surface area contributed by atoms with E-state index in [0.717, 1.165) is 5.56 Å². The van der Waals surface area contributed by atoms with Gasteiger partial charge in [0, 0.05) is 12.6 Å². The van der Waals surface area contributed by atoms with Crippen LogP contribution >= 0.6 is 0 Å². The summed E-state index contributed by atoms with van der Waals surface area (Å²) in [4.78, 5) is 14.5. The van der Waals surface area contributed by atoms with Gasteiger partial charge in [-0.1, -0.05) is 56.3 Å². The monoisotopic (exact) mass is 314 g/mol. The summed E-state index contributed by atoms with van der Waals surface area (Å²) in [5.74, 6) is -0.114. The summed E-state index contributed by atoms with van der Waals surface area (Å²) in [5.41, 5.74) is 1.36. The van der Waals surface area contributed by atoms with Crippen molar-refractivity contribution in [3.8, 4) is 0 Å². The van der Waals surface area contributed by atoms with Gasteiger partial charge in [0.1, 0.15) is 12.4 Å². The molecule has 2 heterocycles. The quantitative estimate of drug-likeness (QED) is 0.853. The predicted molar refractivity (Wildman–Crippen MR) is 85.9 cm³/mol. The molecular weight excluding hydrogens is 292 g/mol. The summed E-state index contributed by atoms with van der Waals surface area (Å²) in [7, 11) is 0. The predicted octanol–water partition coefficient (Wildman–Crippen LogP) is 3.30. The van der Waals surface area contributed by atoms with Crippen LogP contribution in [0.4, 0.5) is 0 Å². The number of morpholine rings is 1. The van der Waals surface area contributed by atoms with Gasteiger partial charge in [-0.25, -0.2) is 0 Å². The van der Waals surface area contributed by atoms with Crippen molar-refractivity contribution in [1.82, 2.24) is 10.1 Å². The molecule has 1 aliphatic rings. The van der Waals surface area contributed by atoms with Gasteiger partial charge in [0.15, 0.2) is 5.69 Å². The van der Waals surface area contributed by atoms with E-state index in [2.05, 4.69) is 25.9 Å². The summed E-state index contributed by atoms with van der Waals surface area (Å²) in [6, 6.07) is 11.6. The zero-order valence-electron chi connectivity index (χ0n) is 13.7. The normalized spacial score (nSPS) is 22.1. The van der Waals surface area contributed by atoms with Crippen molar-refractivity contribution >= 4 is 5.91 Å². The number of aromatic nitrogens is 1. The first kappa shape index (κ1) is 15.7. The third-order valence-corrected chi connectivity index (χ3v) is 4.18. The van der Waals surface area contributed by atoms with Crippen molar-refractivity contribution in [2.45, 2.75) is 33.0 Å². The van der Waals surface area contributed by atoms with Crippen molar-refractivity contribution in [2.24, 2.45) is 5.41 Å². The minimum atomic E-state index is -0.134. The van der Waals surface area contributed by atoms with Crippen molar-refractivity contribution in [3.63, 3.8) is 0 Å². The van der Waals surface area contributed by atoms with E-state index >= 15 is 0 Å². The molecule has 1 aromatic carbocycles. The van der Waals surface area contributed by atoms with Gasteiger partial charge in [-0.2, -0.15) is 0 Å². The molecule has 1 fully saturated rings. The first-order valence-electron chi connectivity index (χ1n) is 7.85. The molecule has 2 atom stereocenters. The summed E-state index contributed by atoms with van der Waals surface area (Å²) < 4.78 is 11.1. The minimum Gasteiger partial charge on any atom is -0.366 e. The number of hydrogen-bond donors (Lipinski definition) is 0. The Morgan fingerprint density at radius 1 is 1.17 bits per heavy atom. The fraction of sp³-hybridized carbons (Fsp3) is 0.444. The highest BCUT2D eigenvalue weighted by atomic mass is 16.5. The van der Waals surface area contributed by atoms with E-state index in [4.69, 9.17) is 9.26 Å². The molecule has 1 saturated heterocycles. The number of ether oxygens (including phenoxy) is 1. The molecule has 23 heavy (non-hydrogen) atoms. The van der Waals surface area contributed by atoms with E-state index in [9.17, 15) is 4.79 Å². The smallest absolute Gasteiger partial charge is 0.276 e. The average Bonchev–Trinajstić information content (AvgIpc) is 3.08. The molecule has 0 saturated carbocycles. The summed E-state index contributed by atoms with van der Waals surface area (Å²) in [6.45, 7) is 7.46. The van der Waals surface area contributed by atoms with Gasteiger partial charge in [0.05, 0.1) is 12.6 Å². The van der Waals surface area contributed by atoms with Crippen molar-refractivity contribution in [3.05, 3.63) is 53.9 Å². The largest absolute Gasteiger partial charge is 0.366 e. The first-order chi connectivity index (χ1) is 10.9. The van der Waals surface area contributed by atoms with Crippen LogP contribution in [0, 0.1) is 5.41 Å². The lowest BCUT2D eigenvalue weighted by molar-refractivity contribution is -0.119. The lowest BCUT2D eigenvalue weighted by Crippen LogP contribution is -2.51. The molecular formula is C18H22N2O3. The molecule has 0 radical (unpaired) electrons. The van der Waals surface area contributed by atoms with Crippen LogP contribution in [-0.4, -0.2) is 35.2 Å². The molecule has 2 aromatic rings. The van der Waals surface area contributed by atoms with Crippen LogP contribution in [-0.2, 0) is 4.74 Å². The van der Waals surface area contributed by atoms with Crippen LogP contribution in [0.2, 0.25) is 0 Å². The number of benzene rings is 1. The molecule has 1 aromatic heterocycles. The summed E-state index contributed by atoms with van der Waals surface area (Å²) in [5, 5.41) is 3.77. The van der Waals surface area contributed by atoms with Gasteiger partial charge < -0.3 is 14.2 Å². The number of rotatable bonds is 2. The highest BCUT2D eigenvalue weighted by Gasteiger charge is 2.38. The average molecular weight is 314 g/mol. The number of hydrogen-bond acceptors (Lipinski definition) is 4. The summed E-state index contributed by atoms with van der Waals surface area (Å²) >= 11 is 0. The molecule has 5 heteroatoms. The Morgan fingerprint density at radius 3 is 2.52 bits per heavy atom. The number of amides is 1. The topological polar surface area (TPSA) is 55.6 Å². The highest BCUT2D eigenvalue weighted by Crippen LogP contribution is 2.33. The Kier molecular flexibility index (Phi) is 4.22. The first-order valence-corrected chi connectivity index (χ1v) is 7.85. The van der Waals surface area contributed by atoms with Crippen LogP contribution < -0.4 is 0 Å². The van der Waals surface area contributed by atoms with Gasteiger partial charge in [0.2, 0.25) is 0 Å². The molecule has 1 aliphatic heterocycles. The van der Waals surface area contributed by atoms with Crippen molar-refractivity contribution in [1.29, 1.82) is 0 Å². The lowest BCUT2D eigenvalue weighted by Gasteiger charge is -2.43. The number of carbonyl (C=O) groups excluding carboxylic acids is 1. The van der Waals surface area contributed by atoms with E-state index in [1.54, 1.807) is 6.07 Å². The Labute approximate surface area is 136 Å². The highest BCUT2D eigenvalue weighted by molar-refractivity contribution is 5.92. The second kappa shape index (κ2) is 6.16. The fourth-order valence-corrected chi connectivity index (χ4v) is 2.74. The number of nitrogens with zero attached hydrogens (tertiary/aromatic N) is 2. The van der Waals surface area contributed by atoms with Crippen molar-refractivity contribution < 1.29 is 14.1 Å². The lowest BCUT2D eigenvalue weighted by atomic mass is 9.87. The van der Waals surface area contributed by atoms with Crippen LogP contribution in [0.1, 0.15) is 42.9 Å². The van der Waals surface area contributed by atoms with Gasteiger partial charge in [-0.05, 0) is 11.0 Å². The van der Waals surface area contributed by atoms with E-state index in [-0.39, 0.29) is 23.5 Å². The fourth-order valence-electron chi connectivity index (χ4n) is 2.74. The molecule has 0 aliphatic carbocycles. The second-order valence-electron chi connectivity index (χ2n) is 6.98. The third kappa shape index (κ3) is 3.45. The standard InChI is InChI=1S/C18H22N2O3/c1-18(2,3)16-12-20(17(21)14-9-10-22-19-14)11-15(23-16)13-7-5-4-6-8-13/h4-10,15-16H,11-12H2,1-3H3/t15-,16+/m0/s1. The van der Waals surface area contributed by atoms with Crippen molar-refractivity contribution in [2.75, 3.05) is 13.1 Å². The Bertz CT molecular complexity index is 647. The Morgan fingerprint density at radius 2 is 1.91 bits per heavy atom. The van der Waals surface area contributed by atoms with Gasteiger partial charge in [-0.15, -0.1) is 0 Å². The molecule has 5 nitrogen and oxygen atoms in total. The molecule has 3 rings (SSSR count). The molecule has 0 bridgehead atoms. The molecule has 0 N–H and O–H groups in total. The minimum absolute atomic E-state index is 0.0442. The van der Waals surface area contributed by atoms with Gasteiger partial charge in [0.25, 0.3) is 5.91 Å². The zero-order chi connectivity index (χ0) is 16.4. The maximum atomic E-state index is 12.7. The maximum absolute atomic E-state index is 12.7. The molecule has 0 unspecified atom stereocenters. The zero-order valence-corrected chi connectivity index (χ0v) is 13.7. The van der Waals surface area contributed by atoms with Crippen LogP contribution in [0.15, 0.2) is 47.2 Å². The SMILES string of the molecule is CC(C)(C)[C@H]1CN(C(=O)c2ccon2)C[C@@H](c2ccccc2)O1. The van der Waals surface area contributed by atoms with E-state index in [1.165, 1.54) is 6.26 Å².